The highest BCUT2D eigenvalue weighted by Crippen LogP contribution is 2.21. The van der Waals surface area contributed by atoms with Crippen molar-refractivity contribution in [1.82, 2.24) is 25.1 Å². The number of carbonyl (C=O) groups excluding carboxylic acids is 1. The molecule has 0 spiro atoms. The van der Waals surface area contributed by atoms with Gasteiger partial charge in [0.15, 0.2) is 5.69 Å². The van der Waals surface area contributed by atoms with Gasteiger partial charge in [-0.15, -0.1) is 0 Å². The maximum absolute atomic E-state index is 13.1. The number of thioether (sulfide) groups is 1. The quantitative estimate of drug-likeness (QED) is 0.513. The lowest BCUT2D eigenvalue weighted by Crippen LogP contribution is -2.33. The minimum absolute atomic E-state index is 0.228. The summed E-state index contributed by atoms with van der Waals surface area (Å²) >= 11 is 1.71. The van der Waals surface area contributed by atoms with Crippen LogP contribution in [0.4, 0.5) is 0 Å². The van der Waals surface area contributed by atoms with Crippen LogP contribution in [0, 0.1) is 0 Å². The molecule has 2 aromatic carbocycles. The minimum atomic E-state index is -0.330. The van der Waals surface area contributed by atoms with E-state index in [-0.39, 0.29) is 23.2 Å². The molecule has 29 heavy (non-hydrogen) atoms. The summed E-state index contributed by atoms with van der Waals surface area (Å²) in [7, 11) is 1.55. The molecule has 0 saturated heterocycles. The molecule has 148 valence electrons. The van der Waals surface area contributed by atoms with Crippen LogP contribution >= 0.6 is 11.8 Å². The van der Waals surface area contributed by atoms with Gasteiger partial charge in [-0.3, -0.25) is 9.59 Å². The first-order valence-corrected chi connectivity index (χ1v) is 10.7. The first-order chi connectivity index (χ1) is 14.1. The van der Waals surface area contributed by atoms with Crippen LogP contribution in [0.3, 0.4) is 0 Å². The molecule has 0 aliphatic carbocycles. The fourth-order valence-corrected chi connectivity index (χ4v) is 3.82. The third kappa shape index (κ3) is 3.75. The number of H-pyrrole nitrogens is 1. The van der Waals surface area contributed by atoms with Crippen molar-refractivity contribution < 1.29 is 4.79 Å². The van der Waals surface area contributed by atoms with Gasteiger partial charge >= 0.3 is 0 Å². The van der Waals surface area contributed by atoms with E-state index in [4.69, 9.17) is 0 Å². The molecule has 8 heteroatoms. The van der Waals surface area contributed by atoms with Crippen LogP contribution in [0.15, 0.2) is 53.3 Å². The highest BCUT2D eigenvalue weighted by molar-refractivity contribution is 7.98. The van der Waals surface area contributed by atoms with Gasteiger partial charge in [0.2, 0.25) is 0 Å². The lowest BCUT2D eigenvalue weighted by molar-refractivity contribution is 0.0929. The van der Waals surface area contributed by atoms with Gasteiger partial charge in [-0.25, -0.2) is 9.67 Å². The molecule has 2 N–H and O–H groups in total. The summed E-state index contributed by atoms with van der Waals surface area (Å²) in [4.78, 5) is 33.4. The first kappa shape index (κ1) is 19.2. The van der Waals surface area contributed by atoms with Gasteiger partial charge in [-0.2, -0.15) is 16.9 Å². The molecule has 0 unspecified atom stereocenters. The van der Waals surface area contributed by atoms with Crippen molar-refractivity contribution in [1.29, 1.82) is 0 Å². The highest BCUT2D eigenvalue weighted by atomic mass is 32.2. The number of aryl methyl sites for hydroxylation is 1. The van der Waals surface area contributed by atoms with Gasteiger partial charge in [0.25, 0.3) is 11.5 Å². The zero-order valence-corrected chi connectivity index (χ0v) is 17.0. The SMILES string of the molecule is CSCC[C@@H](NC(=O)c1nn(C)c(=O)c2ccccc12)c1nc2ccccc2[nH]1. The Morgan fingerprint density at radius 1 is 1.17 bits per heavy atom. The van der Waals surface area contributed by atoms with Crippen molar-refractivity contribution in [2.24, 2.45) is 7.05 Å². The number of aromatic nitrogens is 4. The highest BCUT2D eigenvalue weighted by Gasteiger charge is 2.22. The molecule has 2 heterocycles. The second kappa shape index (κ2) is 8.08. The van der Waals surface area contributed by atoms with Crippen LogP contribution in [-0.2, 0) is 7.05 Å². The predicted molar refractivity (Wildman–Crippen MR) is 116 cm³/mol. The molecular weight excluding hydrogens is 386 g/mol. The van der Waals surface area contributed by atoms with Crippen molar-refractivity contribution >= 4 is 39.5 Å². The monoisotopic (exact) mass is 407 g/mol. The van der Waals surface area contributed by atoms with Crippen LogP contribution < -0.4 is 10.9 Å². The van der Waals surface area contributed by atoms with E-state index in [2.05, 4.69) is 20.4 Å². The van der Waals surface area contributed by atoms with Crippen molar-refractivity contribution in [3.8, 4) is 0 Å². The van der Waals surface area contributed by atoms with Crippen LogP contribution in [0.5, 0.6) is 0 Å². The third-order valence-corrected chi connectivity index (χ3v) is 5.47. The van der Waals surface area contributed by atoms with Gasteiger partial charge < -0.3 is 10.3 Å². The summed E-state index contributed by atoms with van der Waals surface area (Å²) in [6.07, 6.45) is 2.75. The van der Waals surface area contributed by atoms with Gasteiger partial charge in [0, 0.05) is 12.4 Å². The van der Waals surface area contributed by atoms with Crippen molar-refractivity contribution in [2.75, 3.05) is 12.0 Å². The number of amides is 1. The molecule has 2 aromatic heterocycles. The van der Waals surface area contributed by atoms with E-state index in [1.54, 1.807) is 43.1 Å². The molecule has 4 aromatic rings. The van der Waals surface area contributed by atoms with Crippen molar-refractivity contribution in [2.45, 2.75) is 12.5 Å². The molecular formula is C21H21N5O2S. The maximum Gasteiger partial charge on any atom is 0.274 e. The molecule has 1 atom stereocenters. The molecule has 0 saturated carbocycles. The Morgan fingerprint density at radius 2 is 1.90 bits per heavy atom. The largest absolute Gasteiger partial charge is 0.341 e. The van der Waals surface area contributed by atoms with E-state index in [0.717, 1.165) is 23.2 Å². The van der Waals surface area contributed by atoms with E-state index in [1.807, 2.05) is 30.5 Å². The zero-order chi connectivity index (χ0) is 20.4. The summed E-state index contributed by atoms with van der Waals surface area (Å²) in [5.41, 5.74) is 1.79. The summed E-state index contributed by atoms with van der Waals surface area (Å²) in [6.45, 7) is 0. The fourth-order valence-electron chi connectivity index (χ4n) is 3.34. The number of aromatic amines is 1. The minimum Gasteiger partial charge on any atom is -0.341 e. The molecule has 0 fully saturated rings. The lowest BCUT2D eigenvalue weighted by atomic mass is 10.1. The van der Waals surface area contributed by atoms with Crippen LogP contribution in [0.25, 0.3) is 21.8 Å². The Balaban J connectivity index is 1.71. The standard InChI is InChI=1S/C21H21N5O2S/c1-26-21(28)14-8-4-3-7-13(14)18(25-26)20(27)24-17(11-12-29-2)19-22-15-9-5-6-10-16(15)23-19/h3-10,17H,11-12H2,1-2H3,(H,22,23)(H,24,27)/t17-/m1/s1. The van der Waals surface area contributed by atoms with E-state index >= 15 is 0 Å². The summed E-state index contributed by atoms with van der Waals surface area (Å²) < 4.78 is 1.20. The third-order valence-electron chi connectivity index (χ3n) is 4.83. The Bertz CT molecular complexity index is 1210. The molecule has 0 bridgehead atoms. The number of nitrogens with zero attached hydrogens (tertiary/aromatic N) is 3. The van der Waals surface area contributed by atoms with Crippen LogP contribution in [0.2, 0.25) is 0 Å². The lowest BCUT2D eigenvalue weighted by Gasteiger charge is -2.17. The Labute approximate surface area is 171 Å². The number of hydrogen-bond donors (Lipinski definition) is 2. The Morgan fingerprint density at radius 3 is 2.66 bits per heavy atom. The average Bonchev–Trinajstić information content (AvgIpc) is 3.17. The molecule has 0 aliphatic rings. The zero-order valence-electron chi connectivity index (χ0n) is 16.2. The van der Waals surface area contributed by atoms with Gasteiger partial charge in [-0.05, 0) is 36.6 Å². The first-order valence-electron chi connectivity index (χ1n) is 9.29. The second-order valence-corrected chi connectivity index (χ2v) is 7.76. The maximum atomic E-state index is 13.1. The Kier molecular flexibility index (Phi) is 5.35. The molecule has 0 radical (unpaired) electrons. The van der Waals surface area contributed by atoms with Gasteiger partial charge in [-0.1, -0.05) is 30.3 Å². The van der Waals surface area contributed by atoms with Crippen molar-refractivity contribution in [3.63, 3.8) is 0 Å². The number of nitrogens with one attached hydrogen (secondary N) is 2. The normalized spacial score (nSPS) is 12.3. The van der Waals surface area contributed by atoms with Gasteiger partial charge in [0.05, 0.1) is 22.5 Å². The predicted octanol–water partition coefficient (Wildman–Crippen LogP) is 3.03. The fraction of sp³-hybridized carbons (Fsp3) is 0.238. The number of hydrogen-bond acceptors (Lipinski definition) is 5. The Hall–Kier alpha value is -3.13. The number of rotatable bonds is 6. The summed E-state index contributed by atoms with van der Waals surface area (Å²) in [5, 5.41) is 8.30. The van der Waals surface area contributed by atoms with E-state index in [9.17, 15) is 9.59 Å². The van der Waals surface area contributed by atoms with E-state index < -0.39 is 0 Å². The van der Waals surface area contributed by atoms with Crippen LogP contribution in [0.1, 0.15) is 28.8 Å². The molecule has 7 nitrogen and oxygen atoms in total. The number of benzene rings is 2. The van der Waals surface area contributed by atoms with Gasteiger partial charge in [0.1, 0.15) is 5.82 Å². The topological polar surface area (TPSA) is 92.7 Å². The van der Waals surface area contributed by atoms with E-state index in [0.29, 0.717) is 16.6 Å². The number of imidazole rings is 1. The number of fused-ring (bicyclic) bond motifs is 2. The second-order valence-electron chi connectivity index (χ2n) is 6.77. The van der Waals surface area contributed by atoms with Crippen LogP contribution in [-0.4, -0.2) is 37.7 Å². The summed E-state index contributed by atoms with van der Waals surface area (Å²) in [5.74, 6) is 1.25. The average molecular weight is 407 g/mol. The summed E-state index contributed by atoms with van der Waals surface area (Å²) in [6, 6.07) is 14.5. The number of para-hydroxylation sites is 2. The van der Waals surface area contributed by atoms with E-state index in [1.165, 1.54) is 4.68 Å². The van der Waals surface area contributed by atoms with Crippen molar-refractivity contribution in [3.05, 3.63) is 70.4 Å². The molecule has 4 rings (SSSR count). The number of carbonyl (C=O) groups is 1. The smallest absolute Gasteiger partial charge is 0.274 e. The molecule has 0 aliphatic heterocycles. The molecule has 1 amide bonds.